The van der Waals surface area contributed by atoms with Crippen LogP contribution < -0.4 is 10.1 Å². The van der Waals surface area contributed by atoms with Crippen LogP contribution in [0, 0.1) is 6.92 Å². The number of pyridine rings is 1. The Balaban J connectivity index is 2.01. The number of hydrogen-bond donors (Lipinski definition) is 1. The summed E-state index contributed by atoms with van der Waals surface area (Å²) >= 11 is 0.160. The Labute approximate surface area is 158 Å². The molecule has 0 radical (unpaired) electrons. The molecule has 3 aromatic rings. The summed E-state index contributed by atoms with van der Waals surface area (Å²) < 4.78 is 23.7. The molecule has 0 aliphatic carbocycles. The van der Waals surface area contributed by atoms with Crippen molar-refractivity contribution in [1.29, 1.82) is 0 Å². The van der Waals surface area contributed by atoms with Gasteiger partial charge in [-0.1, -0.05) is 0 Å². The molecule has 0 saturated heterocycles. The summed E-state index contributed by atoms with van der Waals surface area (Å²) in [4.78, 5) is 4.62. The van der Waals surface area contributed by atoms with Crippen LogP contribution in [-0.4, -0.2) is 38.0 Å². The molecule has 0 amide bonds. The van der Waals surface area contributed by atoms with Crippen LogP contribution in [0.1, 0.15) is 11.4 Å². The van der Waals surface area contributed by atoms with Crippen molar-refractivity contribution in [3.63, 3.8) is 0 Å². The van der Waals surface area contributed by atoms with Gasteiger partial charge in [-0.25, -0.2) is 13.3 Å². The van der Waals surface area contributed by atoms with E-state index in [1.807, 2.05) is 47.6 Å². The summed E-state index contributed by atoms with van der Waals surface area (Å²) in [6.07, 6.45) is 3.45. The van der Waals surface area contributed by atoms with Crippen molar-refractivity contribution in [2.45, 2.75) is 13.5 Å². The monoisotopic (exact) mass is 392 g/mol. The molecule has 9 heteroatoms. The Bertz CT molecular complexity index is 959. The topological polar surface area (TPSA) is 78.3 Å². The fraction of sp³-hybridized carbons (Fsp3) is 0.294. The first kappa shape index (κ1) is 18.7. The van der Waals surface area contributed by atoms with E-state index >= 15 is 0 Å². The van der Waals surface area contributed by atoms with Gasteiger partial charge in [-0.3, -0.25) is 4.18 Å². The van der Waals surface area contributed by atoms with Gasteiger partial charge < -0.3 is 10.1 Å². The first-order chi connectivity index (χ1) is 12.5. The van der Waals surface area contributed by atoms with Crippen LogP contribution in [0.25, 0.3) is 10.8 Å². The smallest absolute Gasteiger partial charge is 0.154 e. The molecule has 0 bridgehead atoms. The van der Waals surface area contributed by atoms with Gasteiger partial charge in [0.05, 0.1) is 18.5 Å². The van der Waals surface area contributed by atoms with Gasteiger partial charge in [0.1, 0.15) is 18.2 Å². The van der Waals surface area contributed by atoms with Crippen molar-refractivity contribution < 1.29 is 13.1 Å². The molecule has 1 aromatic carbocycles. The highest BCUT2D eigenvalue weighted by Crippen LogP contribution is 2.27. The SMILES string of the molecule is COc1ccc2c(COS(C)=O)nc(Nc3cc(C)n(SC)n3)cc2c1. The average molecular weight is 393 g/mol. The molecule has 0 fully saturated rings. The Morgan fingerprint density at radius 1 is 1.27 bits per heavy atom. The number of anilines is 2. The van der Waals surface area contributed by atoms with E-state index in [0.717, 1.165) is 22.2 Å². The summed E-state index contributed by atoms with van der Waals surface area (Å²) in [5, 5.41) is 9.56. The number of aryl methyl sites for hydroxylation is 1. The van der Waals surface area contributed by atoms with Crippen molar-refractivity contribution in [3.8, 4) is 5.75 Å². The van der Waals surface area contributed by atoms with Gasteiger partial charge in [-0.15, -0.1) is 5.10 Å². The molecule has 26 heavy (non-hydrogen) atoms. The van der Waals surface area contributed by atoms with E-state index in [-0.39, 0.29) is 6.61 Å². The molecule has 0 aliphatic rings. The molecule has 0 spiro atoms. The molecule has 0 aliphatic heterocycles. The number of methoxy groups -OCH3 is 1. The molecule has 7 nitrogen and oxygen atoms in total. The Kier molecular flexibility index (Phi) is 5.80. The molecular formula is C17H20N4O3S2. The zero-order valence-electron chi connectivity index (χ0n) is 15.0. The minimum atomic E-state index is -1.36. The second kappa shape index (κ2) is 8.07. The Hall–Kier alpha value is -2.10. The van der Waals surface area contributed by atoms with Gasteiger partial charge in [0.15, 0.2) is 16.9 Å². The van der Waals surface area contributed by atoms with Crippen LogP contribution in [0.5, 0.6) is 5.75 Å². The predicted octanol–water partition coefficient (Wildman–Crippen LogP) is 3.43. The third-order valence-corrected chi connectivity index (χ3v) is 4.92. The van der Waals surface area contributed by atoms with Crippen LogP contribution in [0.3, 0.4) is 0 Å². The standard InChI is InChI=1S/C17H20N4O3S2/c1-11-7-17(20-21(11)25-3)19-16-9-12-8-13(23-2)5-6-14(12)15(18-16)10-24-26(4)22/h5-9H,10H2,1-4H3,(H,18,19,20). The Morgan fingerprint density at radius 3 is 2.73 bits per heavy atom. The maximum absolute atomic E-state index is 11.3. The van der Waals surface area contributed by atoms with Gasteiger partial charge in [0.2, 0.25) is 0 Å². The second-order valence-corrected chi connectivity index (χ2v) is 7.31. The van der Waals surface area contributed by atoms with E-state index in [1.54, 1.807) is 7.11 Å². The van der Waals surface area contributed by atoms with E-state index in [1.165, 1.54) is 18.2 Å². The fourth-order valence-electron chi connectivity index (χ4n) is 2.58. The maximum atomic E-state index is 11.3. The summed E-state index contributed by atoms with van der Waals surface area (Å²) in [6.45, 7) is 2.14. The molecular weight excluding hydrogens is 372 g/mol. The summed E-state index contributed by atoms with van der Waals surface area (Å²) in [7, 11) is 1.63. The molecule has 1 atom stereocenters. The molecule has 2 heterocycles. The highest BCUT2D eigenvalue weighted by atomic mass is 32.2. The normalized spacial score (nSPS) is 12.3. The lowest BCUT2D eigenvalue weighted by Gasteiger charge is -2.11. The quantitative estimate of drug-likeness (QED) is 0.660. The molecule has 3 rings (SSSR count). The summed E-state index contributed by atoms with van der Waals surface area (Å²) in [6, 6.07) is 9.60. The lowest BCUT2D eigenvalue weighted by atomic mass is 10.1. The van der Waals surface area contributed by atoms with E-state index in [4.69, 9.17) is 8.92 Å². The lowest BCUT2D eigenvalue weighted by Crippen LogP contribution is -2.03. The number of benzene rings is 1. The molecule has 1 N–H and O–H groups in total. The number of ether oxygens (including phenoxy) is 1. The molecule has 0 saturated carbocycles. The highest BCUT2D eigenvalue weighted by molar-refractivity contribution is 7.97. The van der Waals surface area contributed by atoms with Gasteiger partial charge in [-0.2, -0.15) is 0 Å². The fourth-order valence-corrected chi connectivity index (χ4v) is 3.37. The zero-order valence-corrected chi connectivity index (χ0v) is 16.6. The second-order valence-electron chi connectivity index (χ2n) is 5.56. The first-order valence-electron chi connectivity index (χ1n) is 7.82. The third-order valence-electron chi connectivity index (χ3n) is 3.75. The number of nitrogens with zero attached hydrogens (tertiary/aromatic N) is 3. The predicted molar refractivity (Wildman–Crippen MR) is 106 cm³/mol. The van der Waals surface area contributed by atoms with Gasteiger partial charge in [0, 0.05) is 24.0 Å². The van der Waals surface area contributed by atoms with Crippen molar-refractivity contribution in [2.24, 2.45) is 0 Å². The van der Waals surface area contributed by atoms with Crippen LogP contribution in [-0.2, 0) is 21.9 Å². The van der Waals surface area contributed by atoms with Crippen molar-refractivity contribution in [3.05, 3.63) is 41.7 Å². The minimum Gasteiger partial charge on any atom is -0.497 e. The van der Waals surface area contributed by atoms with Gasteiger partial charge in [-0.05, 0) is 48.5 Å². The van der Waals surface area contributed by atoms with Gasteiger partial charge >= 0.3 is 0 Å². The average Bonchev–Trinajstić information content (AvgIpc) is 2.98. The van der Waals surface area contributed by atoms with E-state index < -0.39 is 11.1 Å². The first-order valence-corrected chi connectivity index (χ1v) is 10.5. The summed E-state index contributed by atoms with van der Waals surface area (Å²) in [5.74, 6) is 2.10. The van der Waals surface area contributed by atoms with E-state index in [0.29, 0.717) is 17.3 Å². The van der Waals surface area contributed by atoms with Crippen LogP contribution in [0.15, 0.2) is 30.3 Å². The van der Waals surface area contributed by atoms with Crippen LogP contribution in [0.2, 0.25) is 0 Å². The van der Waals surface area contributed by atoms with Crippen LogP contribution in [0.4, 0.5) is 11.6 Å². The third kappa shape index (κ3) is 4.17. The molecule has 138 valence electrons. The highest BCUT2D eigenvalue weighted by Gasteiger charge is 2.11. The van der Waals surface area contributed by atoms with Gasteiger partial charge in [0.25, 0.3) is 0 Å². The van der Waals surface area contributed by atoms with E-state index in [9.17, 15) is 4.21 Å². The number of rotatable bonds is 7. The minimum absolute atomic E-state index is 0.153. The summed E-state index contributed by atoms with van der Waals surface area (Å²) in [5.41, 5.74) is 1.73. The zero-order chi connectivity index (χ0) is 18.7. The number of nitrogens with one attached hydrogen (secondary N) is 1. The molecule has 2 aromatic heterocycles. The van der Waals surface area contributed by atoms with Crippen molar-refractivity contribution in [2.75, 3.05) is 24.9 Å². The van der Waals surface area contributed by atoms with E-state index in [2.05, 4.69) is 15.4 Å². The number of aromatic nitrogens is 3. The Morgan fingerprint density at radius 2 is 2.08 bits per heavy atom. The van der Waals surface area contributed by atoms with Crippen molar-refractivity contribution >= 4 is 45.4 Å². The number of hydrogen-bond acceptors (Lipinski definition) is 7. The van der Waals surface area contributed by atoms with Crippen molar-refractivity contribution in [1.82, 2.24) is 14.2 Å². The largest absolute Gasteiger partial charge is 0.497 e. The lowest BCUT2D eigenvalue weighted by molar-refractivity contribution is 0.336. The maximum Gasteiger partial charge on any atom is 0.154 e. The van der Waals surface area contributed by atoms with Crippen LogP contribution >= 0.6 is 11.9 Å². The molecule has 1 unspecified atom stereocenters. The number of fused-ring (bicyclic) bond motifs is 1.